The first-order chi connectivity index (χ1) is 12.3. The molecule has 2 unspecified atom stereocenters. The maximum Gasteiger partial charge on any atom is 0.337 e. The summed E-state index contributed by atoms with van der Waals surface area (Å²) in [7, 11) is -7.56. The zero-order valence-corrected chi connectivity index (χ0v) is 24.0. The Hall–Kier alpha value is 0.178. The number of cyclic esters (lactones) is 1. The lowest BCUT2D eigenvalue weighted by molar-refractivity contribution is -0.150. The molecule has 6 nitrogen and oxygen atoms in total. The first-order valence-corrected chi connectivity index (χ1v) is 23.8. The van der Waals surface area contributed by atoms with E-state index in [1.165, 1.54) is 0 Å². The van der Waals surface area contributed by atoms with Crippen LogP contribution < -0.4 is 0 Å². The molecule has 1 rings (SSSR count). The number of rotatable bonds is 10. The number of carbonyl (C=O) groups is 1. The van der Waals surface area contributed by atoms with Crippen LogP contribution in [0.2, 0.25) is 78.6 Å². The molecule has 0 aromatic carbocycles. The topological polar surface area (TPSA) is 63.2 Å². The summed E-state index contributed by atoms with van der Waals surface area (Å²) >= 11 is 0. The lowest BCUT2D eigenvalue weighted by Gasteiger charge is -2.36. The Kier molecular flexibility index (Phi) is 8.54. The van der Waals surface area contributed by atoms with Crippen LogP contribution >= 0.6 is 0 Å². The van der Waals surface area contributed by atoms with Crippen molar-refractivity contribution >= 4 is 39.2 Å². The number of ether oxygens (including phenoxy) is 1. The van der Waals surface area contributed by atoms with Gasteiger partial charge in [-0.1, -0.05) is 0 Å². The molecule has 0 N–H and O–H groups in total. The third-order valence-electron chi connectivity index (χ3n) is 3.63. The molecule has 1 heterocycles. The van der Waals surface area contributed by atoms with Gasteiger partial charge < -0.3 is 22.4 Å². The van der Waals surface area contributed by atoms with Gasteiger partial charge >= 0.3 is 5.97 Å². The van der Waals surface area contributed by atoms with Crippen LogP contribution in [0.1, 0.15) is 0 Å². The molecule has 4 atom stereocenters. The Morgan fingerprint density at radius 2 is 1.29 bits per heavy atom. The van der Waals surface area contributed by atoms with Crippen molar-refractivity contribution in [2.24, 2.45) is 0 Å². The van der Waals surface area contributed by atoms with Crippen LogP contribution in [-0.4, -0.2) is 70.3 Å². The average Bonchev–Trinajstić information content (AvgIpc) is 2.66. The van der Waals surface area contributed by atoms with Crippen molar-refractivity contribution in [3.05, 3.63) is 0 Å². The largest absolute Gasteiger partial charge is 0.455 e. The fourth-order valence-electron chi connectivity index (χ4n) is 2.88. The Bertz CT molecular complexity index is 530. The molecule has 0 bridgehead atoms. The van der Waals surface area contributed by atoms with Crippen LogP contribution in [0.4, 0.5) is 0 Å². The highest BCUT2D eigenvalue weighted by Gasteiger charge is 2.53. The van der Waals surface area contributed by atoms with Gasteiger partial charge in [-0.15, -0.1) is 0 Å². The van der Waals surface area contributed by atoms with Crippen LogP contribution in [0.5, 0.6) is 0 Å². The van der Waals surface area contributed by atoms with Gasteiger partial charge in [-0.05, 0) is 78.6 Å². The molecule has 0 aromatic rings. The third-order valence-corrected chi connectivity index (χ3v) is 7.61. The molecule has 0 saturated carbocycles. The molecular formula is C18H42O6Si4. The zero-order chi connectivity index (χ0) is 22.1. The molecule has 0 amide bonds. The number of hydrogen-bond donors (Lipinski definition) is 0. The van der Waals surface area contributed by atoms with Crippen molar-refractivity contribution < 1.29 is 27.2 Å². The van der Waals surface area contributed by atoms with Crippen molar-refractivity contribution in [3.8, 4) is 0 Å². The minimum Gasteiger partial charge on any atom is -0.455 e. The van der Waals surface area contributed by atoms with Crippen LogP contribution in [0.3, 0.4) is 0 Å². The normalized spacial score (nSPS) is 25.7. The van der Waals surface area contributed by atoms with E-state index < -0.39 is 51.6 Å². The van der Waals surface area contributed by atoms with Crippen LogP contribution in [0.25, 0.3) is 0 Å². The minimum absolute atomic E-state index is 0.340. The van der Waals surface area contributed by atoms with Crippen molar-refractivity contribution in [3.63, 3.8) is 0 Å². The Morgan fingerprint density at radius 3 is 1.68 bits per heavy atom. The van der Waals surface area contributed by atoms with E-state index in [0.717, 1.165) is 0 Å². The van der Waals surface area contributed by atoms with E-state index in [1.807, 2.05) is 0 Å². The SMILES string of the molecule is C[Si](C)(C)OCC(O[Si](C)(C)C)C1OC(=O)[C@H](O[Si](C)(C)C)[C@H]1O[Si](C)(C)C. The number of hydrogen-bond acceptors (Lipinski definition) is 6. The maximum absolute atomic E-state index is 12.8. The lowest BCUT2D eigenvalue weighted by atomic mass is 10.1. The molecule has 0 radical (unpaired) electrons. The molecule has 0 aromatic heterocycles. The van der Waals surface area contributed by atoms with E-state index >= 15 is 0 Å². The summed E-state index contributed by atoms with van der Waals surface area (Å²) in [4.78, 5) is 12.8. The van der Waals surface area contributed by atoms with Crippen molar-refractivity contribution in [1.82, 2.24) is 0 Å². The Morgan fingerprint density at radius 1 is 0.786 bits per heavy atom. The van der Waals surface area contributed by atoms with Gasteiger partial charge in [0.25, 0.3) is 0 Å². The Labute approximate surface area is 176 Å². The second-order valence-corrected chi connectivity index (χ2v) is 29.3. The van der Waals surface area contributed by atoms with E-state index in [9.17, 15) is 4.79 Å². The highest BCUT2D eigenvalue weighted by molar-refractivity contribution is 6.71. The molecule has 0 spiro atoms. The van der Waals surface area contributed by atoms with Gasteiger partial charge in [-0.2, -0.15) is 0 Å². The Balaban J connectivity index is 3.20. The number of esters is 1. The summed E-state index contributed by atoms with van der Waals surface area (Å²) in [5.74, 6) is -0.340. The van der Waals surface area contributed by atoms with E-state index in [2.05, 4.69) is 78.6 Å². The minimum atomic E-state index is -1.96. The molecule has 1 aliphatic rings. The fourth-order valence-corrected chi connectivity index (χ4v) is 6.72. The fraction of sp³-hybridized carbons (Fsp3) is 0.944. The monoisotopic (exact) mass is 466 g/mol. The molecule has 0 aliphatic carbocycles. The van der Waals surface area contributed by atoms with Crippen molar-refractivity contribution in [1.29, 1.82) is 0 Å². The molecule has 28 heavy (non-hydrogen) atoms. The molecule has 1 aliphatic heterocycles. The second kappa shape index (κ2) is 9.12. The zero-order valence-electron chi connectivity index (χ0n) is 20.0. The predicted octanol–water partition coefficient (Wildman–Crippen LogP) is 4.42. The third kappa shape index (κ3) is 9.79. The van der Waals surface area contributed by atoms with Crippen molar-refractivity contribution in [2.45, 2.75) is 103 Å². The van der Waals surface area contributed by atoms with E-state index in [0.29, 0.717) is 6.61 Å². The second-order valence-electron chi connectivity index (χ2n) is 11.4. The number of carbonyl (C=O) groups excluding carboxylic acids is 1. The molecule has 10 heteroatoms. The lowest BCUT2D eigenvalue weighted by Crippen LogP contribution is -2.53. The predicted molar refractivity (Wildman–Crippen MR) is 124 cm³/mol. The molecule has 1 fully saturated rings. The van der Waals surface area contributed by atoms with Gasteiger partial charge in [0.15, 0.2) is 45.5 Å². The van der Waals surface area contributed by atoms with E-state index in [-0.39, 0.29) is 12.1 Å². The van der Waals surface area contributed by atoms with Crippen molar-refractivity contribution in [2.75, 3.05) is 6.61 Å². The van der Waals surface area contributed by atoms with E-state index in [4.69, 9.17) is 22.4 Å². The average molecular weight is 467 g/mol. The standard InChI is InChI=1S/C18H42O6Si4/c1-25(2,3)20-13-14(22-26(4,5)6)15-16(23-27(7,8)9)17(18(19)21-15)24-28(10,11)12/h14-17H,13H2,1-12H3/t14?,15?,16-,17+/m0/s1. The van der Waals surface area contributed by atoms with Crippen LogP contribution in [0, 0.1) is 0 Å². The summed E-state index contributed by atoms with van der Waals surface area (Å²) in [5, 5.41) is 0. The highest BCUT2D eigenvalue weighted by atomic mass is 28.4. The first kappa shape index (κ1) is 26.2. The summed E-state index contributed by atoms with van der Waals surface area (Å²) in [5.41, 5.74) is 0. The molecule has 166 valence electrons. The van der Waals surface area contributed by atoms with Gasteiger partial charge in [-0.25, -0.2) is 4.79 Å². The summed E-state index contributed by atoms with van der Waals surface area (Å²) in [6.45, 7) is 25.8. The molecule has 1 saturated heterocycles. The van der Waals surface area contributed by atoms with Gasteiger partial charge in [0, 0.05) is 0 Å². The summed E-state index contributed by atoms with van der Waals surface area (Å²) < 4.78 is 31.1. The molecular weight excluding hydrogens is 425 g/mol. The van der Waals surface area contributed by atoms with Gasteiger partial charge in [0.1, 0.15) is 12.2 Å². The first-order valence-electron chi connectivity index (χ1n) is 10.2. The maximum atomic E-state index is 12.8. The van der Waals surface area contributed by atoms with E-state index in [1.54, 1.807) is 0 Å². The smallest absolute Gasteiger partial charge is 0.337 e. The van der Waals surface area contributed by atoms with Gasteiger partial charge in [-0.3, -0.25) is 0 Å². The summed E-state index contributed by atoms with van der Waals surface area (Å²) in [6.07, 6.45) is -2.01. The van der Waals surface area contributed by atoms with Gasteiger partial charge in [0.05, 0.1) is 6.61 Å². The quantitative estimate of drug-likeness (QED) is 0.351. The summed E-state index contributed by atoms with van der Waals surface area (Å²) in [6, 6.07) is 0. The highest BCUT2D eigenvalue weighted by Crippen LogP contribution is 2.31. The van der Waals surface area contributed by atoms with Gasteiger partial charge in [0.2, 0.25) is 0 Å². The van der Waals surface area contributed by atoms with Crippen LogP contribution in [0.15, 0.2) is 0 Å². The van der Waals surface area contributed by atoms with Crippen LogP contribution in [-0.2, 0) is 27.2 Å².